The first kappa shape index (κ1) is 15.2. The molecular formula is C18H24N2O. The number of para-hydroxylation sites is 1. The average Bonchev–Trinajstić information content (AvgIpc) is 2.52. The largest absolute Gasteiger partial charge is 0.497 e. The van der Waals surface area contributed by atoms with Crippen molar-refractivity contribution in [3.05, 3.63) is 54.1 Å². The second-order valence-electron chi connectivity index (χ2n) is 5.33. The summed E-state index contributed by atoms with van der Waals surface area (Å²) in [4.78, 5) is 0. The standard InChI is InChI=1S/C18H24N2O/c1-14(2)17-9-4-5-10-18(17)20-12-11-19-15-7-6-8-16(13-15)21-3/h4-10,13-14,19-20H,11-12H2,1-3H3. The summed E-state index contributed by atoms with van der Waals surface area (Å²) in [6, 6.07) is 16.5. The van der Waals surface area contributed by atoms with Gasteiger partial charge in [0.25, 0.3) is 0 Å². The van der Waals surface area contributed by atoms with Gasteiger partial charge in [0.2, 0.25) is 0 Å². The van der Waals surface area contributed by atoms with E-state index in [0.717, 1.165) is 24.5 Å². The van der Waals surface area contributed by atoms with E-state index in [1.54, 1.807) is 7.11 Å². The van der Waals surface area contributed by atoms with E-state index in [2.05, 4.69) is 48.7 Å². The van der Waals surface area contributed by atoms with Crippen LogP contribution in [-0.4, -0.2) is 20.2 Å². The summed E-state index contributed by atoms with van der Waals surface area (Å²) in [6.07, 6.45) is 0. The lowest BCUT2D eigenvalue weighted by molar-refractivity contribution is 0.415. The van der Waals surface area contributed by atoms with Gasteiger partial charge in [-0.3, -0.25) is 0 Å². The normalized spacial score (nSPS) is 10.5. The van der Waals surface area contributed by atoms with Crippen molar-refractivity contribution >= 4 is 11.4 Å². The maximum Gasteiger partial charge on any atom is 0.120 e. The van der Waals surface area contributed by atoms with E-state index >= 15 is 0 Å². The van der Waals surface area contributed by atoms with Gasteiger partial charge in [0.15, 0.2) is 0 Å². The molecule has 0 radical (unpaired) electrons. The van der Waals surface area contributed by atoms with Crippen molar-refractivity contribution in [1.82, 2.24) is 0 Å². The molecule has 3 heteroatoms. The van der Waals surface area contributed by atoms with Gasteiger partial charge in [-0.05, 0) is 29.7 Å². The van der Waals surface area contributed by atoms with Crippen LogP contribution in [0.25, 0.3) is 0 Å². The third-order valence-corrected chi connectivity index (χ3v) is 3.42. The van der Waals surface area contributed by atoms with Crippen LogP contribution in [0.5, 0.6) is 5.75 Å². The Hall–Kier alpha value is -2.16. The molecule has 0 aliphatic rings. The predicted molar refractivity (Wildman–Crippen MR) is 90.5 cm³/mol. The minimum Gasteiger partial charge on any atom is -0.497 e. The number of methoxy groups -OCH3 is 1. The summed E-state index contributed by atoms with van der Waals surface area (Å²) >= 11 is 0. The number of benzene rings is 2. The van der Waals surface area contributed by atoms with Gasteiger partial charge < -0.3 is 15.4 Å². The summed E-state index contributed by atoms with van der Waals surface area (Å²) in [6.45, 7) is 6.17. The first-order chi connectivity index (χ1) is 10.2. The minimum atomic E-state index is 0.528. The van der Waals surface area contributed by atoms with Crippen LogP contribution in [0.4, 0.5) is 11.4 Å². The molecule has 0 saturated carbocycles. The number of hydrogen-bond acceptors (Lipinski definition) is 3. The molecule has 3 nitrogen and oxygen atoms in total. The Bertz CT molecular complexity index is 567. The smallest absolute Gasteiger partial charge is 0.120 e. The molecule has 0 saturated heterocycles. The lowest BCUT2D eigenvalue weighted by atomic mass is 10.0. The second-order valence-corrected chi connectivity index (χ2v) is 5.33. The van der Waals surface area contributed by atoms with Crippen molar-refractivity contribution < 1.29 is 4.74 Å². The topological polar surface area (TPSA) is 33.3 Å². The molecule has 2 aromatic rings. The molecule has 2 rings (SSSR count). The van der Waals surface area contributed by atoms with Crippen molar-refractivity contribution in [2.75, 3.05) is 30.8 Å². The predicted octanol–water partition coefficient (Wildman–Crippen LogP) is 4.34. The van der Waals surface area contributed by atoms with Crippen molar-refractivity contribution in [3.8, 4) is 5.75 Å². The number of nitrogens with one attached hydrogen (secondary N) is 2. The summed E-state index contributed by atoms with van der Waals surface area (Å²) in [5.74, 6) is 1.40. The van der Waals surface area contributed by atoms with Crippen molar-refractivity contribution in [3.63, 3.8) is 0 Å². The zero-order valence-electron chi connectivity index (χ0n) is 13.0. The fraction of sp³-hybridized carbons (Fsp3) is 0.333. The third-order valence-electron chi connectivity index (χ3n) is 3.42. The van der Waals surface area contributed by atoms with Crippen molar-refractivity contribution in [2.24, 2.45) is 0 Å². The SMILES string of the molecule is COc1cccc(NCCNc2ccccc2C(C)C)c1. The van der Waals surface area contributed by atoms with Crippen LogP contribution in [0.3, 0.4) is 0 Å². The van der Waals surface area contributed by atoms with Crippen LogP contribution in [0.15, 0.2) is 48.5 Å². The fourth-order valence-electron chi connectivity index (χ4n) is 2.30. The van der Waals surface area contributed by atoms with Gasteiger partial charge in [-0.1, -0.05) is 38.1 Å². The van der Waals surface area contributed by atoms with Gasteiger partial charge in [0.1, 0.15) is 5.75 Å². The monoisotopic (exact) mass is 284 g/mol. The van der Waals surface area contributed by atoms with Gasteiger partial charge >= 0.3 is 0 Å². The van der Waals surface area contributed by atoms with Gasteiger partial charge in [-0.25, -0.2) is 0 Å². The first-order valence-corrected chi connectivity index (χ1v) is 7.41. The molecular weight excluding hydrogens is 260 g/mol. The molecule has 0 aliphatic carbocycles. The van der Waals surface area contributed by atoms with Crippen LogP contribution >= 0.6 is 0 Å². The molecule has 112 valence electrons. The summed E-state index contributed by atoms with van der Waals surface area (Å²) in [5, 5.41) is 6.90. The molecule has 0 heterocycles. The lowest BCUT2D eigenvalue weighted by Crippen LogP contribution is -2.14. The summed E-state index contributed by atoms with van der Waals surface area (Å²) < 4.78 is 5.22. The average molecular weight is 284 g/mol. The molecule has 0 fully saturated rings. The quantitative estimate of drug-likeness (QED) is 0.742. The number of anilines is 2. The molecule has 0 atom stereocenters. The minimum absolute atomic E-state index is 0.528. The Morgan fingerprint density at radius 2 is 1.71 bits per heavy atom. The fourth-order valence-corrected chi connectivity index (χ4v) is 2.30. The Labute approximate surface area is 127 Å². The van der Waals surface area contributed by atoms with Gasteiger partial charge in [0.05, 0.1) is 7.11 Å². The highest BCUT2D eigenvalue weighted by Gasteiger charge is 2.04. The van der Waals surface area contributed by atoms with E-state index in [1.807, 2.05) is 24.3 Å². The number of ether oxygens (including phenoxy) is 1. The maximum atomic E-state index is 5.22. The molecule has 2 aromatic carbocycles. The van der Waals surface area contributed by atoms with Crippen LogP contribution < -0.4 is 15.4 Å². The molecule has 0 aromatic heterocycles. The maximum absolute atomic E-state index is 5.22. The lowest BCUT2D eigenvalue weighted by Gasteiger charge is -2.15. The first-order valence-electron chi connectivity index (χ1n) is 7.41. The summed E-state index contributed by atoms with van der Waals surface area (Å²) in [7, 11) is 1.68. The van der Waals surface area contributed by atoms with E-state index in [0.29, 0.717) is 5.92 Å². The van der Waals surface area contributed by atoms with Crippen LogP contribution in [0, 0.1) is 0 Å². The zero-order valence-corrected chi connectivity index (χ0v) is 13.0. The van der Waals surface area contributed by atoms with Crippen LogP contribution in [0.2, 0.25) is 0 Å². The van der Waals surface area contributed by atoms with E-state index in [-0.39, 0.29) is 0 Å². The molecule has 0 unspecified atom stereocenters. The Morgan fingerprint density at radius 3 is 2.48 bits per heavy atom. The Balaban J connectivity index is 1.85. The van der Waals surface area contributed by atoms with E-state index in [1.165, 1.54) is 11.3 Å². The second kappa shape index (κ2) is 7.58. The van der Waals surface area contributed by atoms with Gasteiger partial charge in [-0.2, -0.15) is 0 Å². The van der Waals surface area contributed by atoms with E-state index in [9.17, 15) is 0 Å². The Morgan fingerprint density at radius 1 is 0.952 bits per heavy atom. The third kappa shape index (κ3) is 4.42. The molecule has 0 aliphatic heterocycles. The molecule has 0 amide bonds. The zero-order chi connectivity index (χ0) is 15.1. The van der Waals surface area contributed by atoms with Crippen LogP contribution in [-0.2, 0) is 0 Å². The molecule has 0 bridgehead atoms. The summed E-state index contributed by atoms with van der Waals surface area (Å²) in [5.41, 5.74) is 3.66. The van der Waals surface area contributed by atoms with E-state index < -0.39 is 0 Å². The highest BCUT2D eigenvalue weighted by molar-refractivity contribution is 5.53. The number of hydrogen-bond donors (Lipinski definition) is 2. The number of rotatable bonds is 7. The molecule has 2 N–H and O–H groups in total. The van der Waals surface area contributed by atoms with Gasteiger partial charge in [0, 0.05) is 30.5 Å². The van der Waals surface area contributed by atoms with Crippen molar-refractivity contribution in [1.29, 1.82) is 0 Å². The van der Waals surface area contributed by atoms with Gasteiger partial charge in [-0.15, -0.1) is 0 Å². The molecule has 0 spiro atoms. The Kier molecular flexibility index (Phi) is 5.50. The van der Waals surface area contributed by atoms with Crippen molar-refractivity contribution in [2.45, 2.75) is 19.8 Å². The highest BCUT2D eigenvalue weighted by Crippen LogP contribution is 2.23. The van der Waals surface area contributed by atoms with E-state index in [4.69, 9.17) is 4.74 Å². The highest BCUT2D eigenvalue weighted by atomic mass is 16.5. The molecule has 21 heavy (non-hydrogen) atoms. The van der Waals surface area contributed by atoms with Crippen LogP contribution in [0.1, 0.15) is 25.3 Å².